The quantitative estimate of drug-likeness (QED) is 0.423. The van der Waals surface area contributed by atoms with E-state index in [0.29, 0.717) is 38.7 Å². The van der Waals surface area contributed by atoms with Crippen molar-refractivity contribution in [3.63, 3.8) is 0 Å². The van der Waals surface area contributed by atoms with Crippen LogP contribution in [-0.2, 0) is 5.75 Å². The number of hydrogen-bond acceptors (Lipinski definition) is 6. The topological polar surface area (TPSA) is 64.1 Å². The molecule has 140 valence electrons. The number of carbonyl (C=O) groups is 1. The number of nitrogens with zero attached hydrogens (tertiary/aromatic N) is 2. The number of rotatable bonds is 8. The van der Waals surface area contributed by atoms with Crippen molar-refractivity contribution in [2.24, 2.45) is 0 Å². The molecule has 0 bridgehead atoms. The summed E-state index contributed by atoms with van der Waals surface area (Å²) in [6.07, 6.45) is 0.856. The summed E-state index contributed by atoms with van der Waals surface area (Å²) in [5.74, 6) is 0.439. The van der Waals surface area contributed by atoms with Crippen LogP contribution in [0, 0.1) is 5.82 Å². The fraction of sp³-hybridized carbons (Fsp3) is 0.211. The molecule has 0 saturated carbocycles. The third kappa shape index (κ3) is 5.27. The van der Waals surface area contributed by atoms with Gasteiger partial charge in [0.05, 0.1) is 12.2 Å². The molecule has 5 nitrogen and oxygen atoms in total. The van der Waals surface area contributed by atoms with E-state index < -0.39 is 0 Å². The van der Waals surface area contributed by atoms with Crippen LogP contribution in [0.25, 0.3) is 0 Å². The molecule has 0 atom stereocenters. The lowest BCUT2D eigenvalue weighted by molar-refractivity contribution is 0.102. The molecule has 27 heavy (non-hydrogen) atoms. The third-order valence-electron chi connectivity index (χ3n) is 3.53. The van der Waals surface area contributed by atoms with E-state index in [0.717, 1.165) is 6.42 Å². The first-order chi connectivity index (χ1) is 13.2. The van der Waals surface area contributed by atoms with Crippen LogP contribution >= 0.6 is 23.1 Å². The number of benzene rings is 2. The van der Waals surface area contributed by atoms with Gasteiger partial charge in [-0.2, -0.15) is 0 Å². The standard InChI is InChI=1S/C19H18FN3O2S2/c1-2-11-25-16-10-6-4-8-14(16)17(24)21-18-22-23-19(27-18)26-12-13-7-3-5-9-15(13)20/h3-10H,2,11-12H2,1H3,(H,21,22,24). The summed E-state index contributed by atoms with van der Waals surface area (Å²) in [6.45, 7) is 2.55. The molecule has 0 saturated heterocycles. The van der Waals surface area contributed by atoms with Crippen molar-refractivity contribution in [2.45, 2.75) is 23.4 Å². The predicted octanol–water partition coefficient (Wildman–Crippen LogP) is 5.01. The zero-order chi connectivity index (χ0) is 19.1. The molecule has 1 N–H and O–H groups in total. The zero-order valence-electron chi connectivity index (χ0n) is 14.6. The highest BCUT2D eigenvalue weighted by Crippen LogP contribution is 2.29. The van der Waals surface area contributed by atoms with Crippen LogP contribution in [0.4, 0.5) is 9.52 Å². The second-order valence-electron chi connectivity index (χ2n) is 5.55. The number of thioether (sulfide) groups is 1. The first kappa shape index (κ1) is 19.3. The Hall–Kier alpha value is -2.45. The first-order valence-electron chi connectivity index (χ1n) is 8.40. The van der Waals surface area contributed by atoms with E-state index in [2.05, 4.69) is 15.5 Å². The van der Waals surface area contributed by atoms with E-state index in [1.807, 2.05) is 13.0 Å². The maximum Gasteiger partial charge on any atom is 0.261 e. The average Bonchev–Trinajstić information content (AvgIpc) is 3.13. The molecule has 0 aliphatic carbocycles. The summed E-state index contributed by atoms with van der Waals surface area (Å²) >= 11 is 2.62. The summed E-state index contributed by atoms with van der Waals surface area (Å²) in [7, 11) is 0. The van der Waals surface area contributed by atoms with Gasteiger partial charge >= 0.3 is 0 Å². The molecular formula is C19H18FN3O2S2. The van der Waals surface area contributed by atoms with Crippen LogP contribution in [0.5, 0.6) is 5.75 Å². The number of para-hydroxylation sites is 1. The lowest BCUT2D eigenvalue weighted by atomic mass is 10.2. The fourth-order valence-electron chi connectivity index (χ4n) is 2.23. The Morgan fingerprint density at radius 2 is 1.96 bits per heavy atom. The number of carbonyl (C=O) groups excluding carboxylic acids is 1. The van der Waals surface area contributed by atoms with Gasteiger partial charge in [-0.1, -0.05) is 60.4 Å². The predicted molar refractivity (Wildman–Crippen MR) is 106 cm³/mol. The van der Waals surface area contributed by atoms with Crippen molar-refractivity contribution >= 4 is 34.1 Å². The van der Waals surface area contributed by atoms with Gasteiger partial charge in [-0.15, -0.1) is 10.2 Å². The van der Waals surface area contributed by atoms with Crippen LogP contribution < -0.4 is 10.1 Å². The van der Waals surface area contributed by atoms with Crippen molar-refractivity contribution < 1.29 is 13.9 Å². The number of amides is 1. The molecule has 1 aromatic heterocycles. The molecule has 0 spiro atoms. The highest BCUT2D eigenvalue weighted by molar-refractivity contribution is 8.00. The molecule has 0 fully saturated rings. The van der Waals surface area contributed by atoms with Crippen molar-refractivity contribution in [3.8, 4) is 5.75 Å². The lowest BCUT2D eigenvalue weighted by Crippen LogP contribution is -2.13. The van der Waals surface area contributed by atoms with Crippen LogP contribution in [0.3, 0.4) is 0 Å². The minimum absolute atomic E-state index is 0.244. The zero-order valence-corrected chi connectivity index (χ0v) is 16.3. The Balaban J connectivity index is 1.62. The van der Waals surface area contributed by atoms with Gasteiger partial charge in [0.2, 0.25) is 5.13 Å². The van der Waals surface area contributed by atoms with E-state index in [1.165, 1.54) is 29.2 Å². The third-order valence-corrected chi connectivity index (χ3v) is 5.55. The summed E-state index contributed by atoms with van der Waals surface area (Å²) in [6, 6.07) is 13.7. The minimum atomic E-state index is -0.302. The molecular weight excluding hydrogens is 385 g/mol. The van der Waals surface area contributed by atoms with E-state index in [-0.39, 0.29) is 11.7 Å². The van der Waals surface area contributed by atoms with Crippen LogP contribution in [0.1, 0.15) is 29.3 Å². The normalized spacial score (nSPS) is 10.6. The van der Waals surface area contributed by atoms with Crippen LogP contribution in [0.2, 0.25) is 0 Å². The Morgan fingerprint density at radius 3 is 2.78 bits per heavy atom. The van der Waals surface area contributed by atoms with E-state index in [1.54, 1.807) is 36.4 Å². The van der Waals surface area contributed by atoms with Crippen molar-refractivity contribution in [3.05, 3.63) is 65.5 Å². The second kappa shape index (κ2) is 9.48. The van der Waals surface area contributed by atoms with Gasteiger partial charge < -0.3 is 4.74 Å². The lowest BCUT2D eigenvalue weighted by Gasteiger charge is -2.09. The summed E-state index contributed by atoms with van der Waals surface area (Å²) in [4.78, 5) is 12.5. The monoisotopic (exact) mass is 403 g/mol. The van der Waals surface area contributed by atoms with Crippen molar-refractivity contribution in [2.75, 3.05) is 11.9 Å². The highest BCUT2D eigenvalue weighted by atomic mass is 32.2. The second-order valence-corrected chi connectivity index (χ2v) is 7.75. The highest BCUT2D eigenvalue weighted by Gasteiger charge is 2.15. The van der Waals surface area contributed by atoms with Gasteiger partial charge in [0.15, 0.2) is 4.34 Å². The SMILES string of the molecule is CCCOc1ccccc1C(=O)Nc1nnc(SCc2ccccc2F)s1. The molecule has 2 aromatic carbocycles. The fourth-order valence-corrected chi connectivity index (χ4v) is 3.96. The largest absolute Gasteiger partial charge is 0.493 e. The Labute approximate surface area is 165 Å². The molecule has 3 aromatic rings. The van der Waals surface area contributed by atoms with Crippen molar-refractivity contribution in [1.82, 2.24) is 10.2 Å². The number of hydrogen-bond donors (Lipinski definition) is 1. The molecule has 0 radical (unpaired) electrons. The molecule has 1 heterocycles. The smallest absolute Gasteiger partial charge is 0.261 e. The van der Waals surface area contributed by atoms with Crippen LogP contribution in [0.15, 0.2) is 52.9 Å². The molecule has 0 aliphatic heterocycles. The minimum Gasteiger partial charge on any atom is -0.493 e. The Morgan fingerprint density at radius 1 is 1.19 bits per heavy atom. The summed E-state index contributed by atoms with van der Waals surface area (Å²) in [5.41, 5.74) is 1.05. The average molecular weight is 404 g/mol. The number of aromatic nitrogens is 2. The first-order valence-corrected chi connectivity index (χ1v) is 10.2. The van der Waals surface area contributed by atoms with Gasteiger partial charge in [-0.25, -0.2) is 4.39 Å². The van der Waals surface area contributed by atoms with E-state index >= 15 is 0 Å². The van der Waals surface area contributed by atoms with Gasteiger partial charge in [0, 0.05) is 5.75 Å². The van der Waals surface area contributed by atoms with E-state index in [4.69, 9.17) is 4.74 Å². The number of anilines is 1. The molecule has 0 aliphatic rings. The van der Waals surface area contributed by atoms with Gasteiger partial charge in [-0.05, 0) is 30.2 Å². The molecule has 0 unspecified atom stereocenters. The Kier molecular flexibility index (Phi) is 6.78. The number of ether oxygens (including phenoxy) is 1. The van der Waals surface area contributed by atoms with Gasteiger partial charge in [-0.3, -0.25) is 10.1 Å². The molecule has 1 amide bonds. The number of halogens is 1. The van der Waals surface area contributed by atoms with Gasteiger partial charge in [0.1, 0.15) is 11.6 Å². The number of nitrogens with one attached hydrogen (secondary N) is 1. The Bertz CT molecular complexity index is 917. The molecule has 3 rings (SSSR count). The van der Waals surface area contributed by atoms with E-state index in [9.17, 15) is 9.18 Å². The van der Waals surface area contributed by atoms with Gasteiger partial charge in [0.25, 0.3) is 5.91 Å². The summed E-state index contributed by atoms with van der Waals surface area (Å²) in [5, 5.41) is 11.2. The summed E-state index contributed by atoms with van der Waals surface area (Å²) < 4.78 is 19.9. The van der Waals surface area contributed by atoms with Crippen molar-refractivity contribution in [1.29, 1.82) is 0 Å². The molecule has 8 heteroatoms. The van der Waals surface area contributed by atoms with Crippen LogP contribution in [-0.4, -0.2) is 22.7 Å². The maximum absolute atomic E-state index is 13.7. The maximum atomic E-state index is 13.7.